The van der Waals surface area contributed by atoms with Gasteiger partial charge in [-0.3, -0.25) is 19.1 Å². The van der Waals surface area contributed by atoms with Crippen molar-refractivity contribution in [1.82, 2.24) is 4.57 Å². The Hall–Kier alpha value is -3.69. The molecule has 174 valence electrons. The van der Waals surface area contributed by atoms with E-state index in [-0.39, 0.29) is 12.4 Å². The standard InChI is InChI=1S/C25H24N4O4S/c1-16-20(19-4-2-3-5-21(19)26-16)14-22-24(31)29(25(32)34-22)15-23(30)27-17-6-8-18(9-7-17)28-10-12-33-13-11-28/h2-9,14,31H,10-13,15H2,1H3,(H,27,30). The average Bonchev–Trinajstić information content (AvgIpc) is 3.30. The van der Waals surface area contributed by atoms with Gasteiger partial charge in [0.2, 0.25) is 11.8 Å². The number of hydrogen-bond acceptors (Lipinski definition) is 7. The fourth-order valence-corrected chi connectivity index (χ4v) is 4.94. The molecule has 0 spiro atoms. The highest BCUT2D eigenvalue weighted by Gasteiger charge is 2.21. The lowest BCUT2D eigenvalue weighted by Gasteiger charge is -2.28. The van der Waals surface area contributed by atoms with Gasteiger partial charge in [-0.25, -0.2) is 0 Å². The number of para-hydroxylation sites is 1. The summed E-state index contributed by atoms with van der Waals surface area (Å²) < 4.78 is 6.46. The van der Waals surface area contributed by atoms with Gasteiger partial charge >= 0.3 is 4.87 Å². The molecule has 1 fully saturated rings. The number of ether oxygens (including phenoxy) is 1. The number of benzene rings is 2. The lowest BCUT2D eigenvalue weighted by atomic mass is 10.0. The van der Waals surface area contributed by atoms with Gasteiger partial charge in [-0.2, -0.15) is 0 Å². The van der Waals surface area contributed by atoms with Crippen molar-refractivity contribution in [1.29, 1.82) is 0 Å². The second kappa shape index (κ2) is 9.28. The summed E-state index contributed by atoms with van der Waals surface area (Å²) in [5.41, 5.74) is 5.16. The zero-order valence-electron chi connectivity index (χ0n) is 18.7. The maximum atomic E-state index is 12.6. The van der Waals surface area contributed by atoms with E-state index in [9.17, 15) is 14.7 Å². The molecule has 0 aliphatic carbocycles. The predicted octanol–water partition coefficient (Wildman–Crippen LogP) is 3.74. The van der Waals surface area contributed by atoms with Gasteiger partial charge in [0.25, 0.3) is 0 Å². The van der Waals surface area contributed by atoms with Crippen LogP contribution in [0.25, 0.3) is 11.6 Å². The third-order valence-corrected chi connectivity index (χ3v) is 6.79. The van der Waals surface area contributed by atoms with Crippen LogP contribution in [0.15, 0.2) is 58.3 Å². The molecule has 2 N–H and O–H groups in total. The van der Waals surface area contributed by atoms with Gasteiger partial charge in [-0.05, 0) is 43.3 Å². The van der Waals surface area contributed by atoms with Crippen molar-refractivity contribution in [2.75, 3.05) is 36.5 Å². The fraction of sp³-hybridized carbons (Fsp3) is 0.240. The third kappa shape index (κ3) is 4.40. The minimum atomic E-state index is -0.400. The number of aromatic nitrogens is 1. The van der Waals surface area contributed by atoms with Crippen molar-refractivity contribution in [2.45, 2.75) is 13.5 Å². The molecule has 34 heavy (non-hydrogen) atoms. The number of nitrogens with zero attached hydrogens (tertiary/aromatic N) is 3. The van der Waals surface area contributed by atoms with Gasteiger partial charge in [0, 0.05) is 41.3 Å². The summed E-state index contributed by atoms with van der Waals surface area (Å²) >= 11 is 0.901. The number of morpholine rings is 1. The monoisotopic (exact) mass is 476 g/mol. The van der Waals surface area contributed by atoms with E-state index in [0.29, 0.717) is 23.8 Å². The largest absolute Gasteiger partial charge is 0.493 e. The number of thiazole rings is 1. The number of carbonyl (C=O) groups is 1. The van der Waals surface area contributed by atoms with E-state index in [1.165, 1.54) is 0 Å². The number of allylic oxidation sites excluding steroid dienone is 1. The van der Waals surface area contributed by atoms with E-state index in [4.69, 9.17) is 4.74 Å². The Balaban J connectivity index is 1.30. The smallest absolute Gasteiger partial charge is 0.311 e. The molecule has 0 atom stereocenters. The first-order valence-electron chi connectivity index (χ1n) is 11.0. The number of anilines is 2. The predicted molar refractivity (Wildman–Crippen MR) is 135 cm³/mol. The van der Waals surface area contributed by atoms with Crippen LogP contribution in [0.1, 0.15) is 17.4 Å². The van der Waals surface area contributed by atoms with Gasteiger partial charge in [0.15, 0.2) is 0 Å². The van der Waals surface area contributed by atoms with Gasteiger partial charge in [0.1, 0.15) is 6.54 Å². The summed E-state index contributed by atoms with van der Waals surface area (Å²) in [7, 11) is 0. The molecule has 1 aromatic heterocycles. The van der Waals surface area contributed by atoms with Crippen LogP contribution in [0.4, 0.5) is 17.1 Å². The SMILES string of the molecule is CC1=Nc2ccccc2C1=Cc1sc(=O)n(CC(=O)Nc2ccc(N3CCOCC3)cc2)c1O. The Morgan fingerprint density at radius 1 is 1.18 bits per heavy atom. The summed E-state index contributed by atoms with van der Waals surface area (Å²) in [5, 5.41) is 13.5. The molecule has 0 bridgehead atoms. The first-order valence-corrected chi connectivity index (χ1v) is 11.8. The van der Waals surface area contributed by atoms with Crippen LogP contribution in [0.2, 0.25) is 0 Å². The number of nitrogens with one attached hydrogen (secondary N) is 1. The molecule has 3 heterocycles. The van der Waals surface area contributed by atoms with E-state index in [1.54, 1.807) is 6.08 Å². The molecular weight excluding hydrogens is 452 g/mol. The molecule has 0 radical (unpaired) electrons. The van der Waals surface area contributed by atoms with E-state index in [1.807, 2.05) is 55.5 Å². The fourth-order valence-electron chi connectivity index (χ4n) is 4.12. The quantitative estimate of drug-likeness (QED) is 0.585. The average molecular weight is 477 g/mol. The van der Waals surface area contributed by atoms with Crippen molar-refractivity contribution in [3.8, 4) is 5.88 Å². The Morgan fingerprint density at radius 2 is 1.91 bits per heavy atom. The number of aromatic hydroxyl groups is 1. The lowest BCUT2D eigenvalue weighted by molar-refractivity contribution is -0.116. The van der Waals surface area contributed by atoms with Gasteiger partial charge in [0.05, 0.1) is 23.8 Å². The molecule has 2 aromatic carbocycles. The maximum Gasteiger partial charge on any atom is 0.311 e. The number of fused-ring (bicyclic) bond motifs is 1. The number of carbonyl (C=O) groups excluding carboxylic acids is 1. The van der Waals surface area contributed by atoms with Crippen LogP contribution in [0, 0.1) is 0 Å². The van der Waals surface area contributed by atoms with Crippen molar-refractivity contribution < 1.29 is 14.6 Å². The molecule has 1 amide bonds. The Bertz CT molecular complexity index is 1350. The first kappa shape index (κ1) is 22.1. The van der Waals surface area contributed by atoms with Crippen molar-refractivity contribution in [2.24, 2.45) is 4.99 Å². The molecule has 0 unspecified atom stereocenters. The van der Waals surface area contributed by atoms with Crippen molar-refractivity contribution in [3.63, 3.8) is 0 Å². The van der Waals surface area contributed by atoms with E-state index < -0.39 is 10.8 Å². The second-order valence-corrected chi connectivity index (χ2v) is 9.10. The number of aliphatic imine (C=N–C) groups is 1. The molecule has 0 saturated carbocycles. The first-order chi connectivity index (χ1) is 16.5. The summed E-state index contributed by atoms with van der Waals surface area (Å²) in [6.45, 7) is 4.69. The second-order valence-electron chi connectivity index (χ2n) is 8.11. The van der Waals surface area contributed by atoms with Gasteiger partial charge in [-0.1, -0.05) is 29.5 Å². The highest BCUT2D eigenvalue weighted by atomic mass is 32.1. The number of amides is 1. The van der Waals surface area contributed by atoms with Crippen LogP contribution in [0.3, 0.4) is 0 Å². The molecule has 5 rings (SSSR count). The van der Waals surface area contributed by atoms with E-state index >= 15 is 0 Å². The maximum absolute atomic E-state index is 12.6. The Labute approximate surface area is 200 Å². The number of rotatable bonds is 5. The van der Waals surface area contributed by atoms with Gasteiger partial charge < -0.3 is 20.1 Å². The normalized spacial score (nSPS) is 16.4. The topological polar surface area (TPSA) is 96.2 Å². The van der Waals surface area contributed by atoms with Crippen molar-refractivity contribution in [3.05, 3.63) is 68.6 Å². The van der Waals surface area contributed by atoms with Gasteiger partial charge in [-0.15, -0.1) is 0 Å². The van der Waals surface area contributed by atoms with Crippen molar-refractivity contribution >= 4 is 51.7 Å². The van der Waals surface area contributed by atoms with Crippen LogP contribution < -0.4 is 15.1 Å². The minimum absolute atomic E-state index is 0.225. The Kier molecular flexibility index (Phi) is 6.04. The summed E-state index contributed by atoms with van der Waals surface area (Å²) in [5.74, 6) is -0.616. The molecular formula is C25H24N4O4S. The highest BCUT2D eigenvalue weighted by Crippen LogP contribution is 2.37. The summed E-state index contributed by atoms with van der Waals surface area (Å²) in [4.78, 5) is 31.9. The number of hydrogen-bond donors (Lipinski definition) is 2. The van der Waals surface area contributed by atoms with Crippen LogP contribution >= 0.6 is 11.3 Å². The zero-order chi connectivity index (χ0) is 23.7. The Morgan fingerprint density at radius 3 is 2.68 bits per heavy atom. The lowest BCUT2D eigenvalue weighted by Crippen LogP contribution is -2.36. The van der Waals surface area contributed by atoms with E-state index in [0.717, 1.165) is 57.2 Å². The third-order valence-electron chi connectivity index (χ3n) is 5.87. The molecule has 2 aliphatic heterocycles. The van der Waals surface area contributed by atoms with Crippen LogP contribution in [-0.2, 0) is 16.1 Å². The summed E-state index contributed by atoms with van der Waals surface area (Å²) in [6, 6.07) is 15.3. The minimum Gasteiger partial charge on any atom is -0.493 e. The molecule has 1 saturated heterocycles. The molecule has 9 heteroatoms. The van der Waals surface area contributed by atoms with Crippen LogP contribution in [0.5, 0.6) is 5.88 Å². The molecule has 2 aliphatic rings. The van der Waals surface area contributed by atoms with Crippen LogP contribution in [-0.4, -0.2) is 47.6 Å². The zero-order valence-corrected chi connectivity index (χ0v) is 19.5. The molecule has 8 nitrogen and oxygen atoms in total. The summed E-state index contributed by atoms with van der Waals surface area (Å²) in [6.07, 6.45) is 1.75. The van der Waals surface area contributed by atoms with E-state index in [2.05, 4.69) is 15.2 Å². The highest BCUT2D eigenvalue weighted by molar-refractivity contribution is 7.10. The molecule has 3 aromatic rings.